The quantitative estimate of drug-likeness (QED) is 0.928. The molecule has 0 spiro atoms. The summed E-state index contributed by atoms with van der Waals surface area (Å²) in [7, 11) is 1.54. The number of ether oxygens (including phenoxy) is 1. The highest BCUT2D eigenvalue weighted by Crippen LogP contribution is 2.26. The highest BCUT2D eigenvalue weighted by molar-refractivity contribution is 5.90. The number of carboxylic acids is 1. The summed E-state index contributed by atoms with van der Waals surface area (Å²) in [4.78, 5) is 21.7. The van der Waals surface area contributed by atoms with Gasteiger partial charge in [-0.3, -0.25) is 9.88 Å². The van der Waals surface area contributed by atoms with Gasteiger partial charge in [-0.25, -0.2) is 14.2 Å². The summed E-state index contributed by atoms with van der Waals surface area (Å²) in [6, 6.07) is 2.49. The van der Waals surface area contributed by atoms with Crippen molar-refractivity contribution >= 4 is 5.97 Å². The molecule has 2 heterocycles. The number of aromatic nitrogens is 2. The molecule has 0 unspecified atom stereocenters. The molecule has 0 bridgehead atoms. The summed E-state index contributed by atoms with van der Waals surface area (Å²) >= 11 is 0. The number of carbonyl (C=O) groups is 1. The lowest BCUT2D eigenvalue weighted by atomic mass is 9.94. The Morgan fingerprint density at radius 2 is 2.17 bits per heavy atom. The minimum absolute atomic E-state index is 0.0525. The molecule has 1 aromatic carbocycles. The van der Waals surface area contributed by atoms with Crippen molar-refractivity contribution in [2.45, 2.75) is 19.5 Å². The van der Waals surface area contributed by atoms with Gasteiger partial charge in [0.25, 0.3) is 0 Å². The molecule has 6 nitrogen and oxygen atoms in total. The second kappa shape index (κ2) is 6.29. The minimum Gasteiger partial charge on any atom is -0.480 e. The molecule has 0 radical (unpaired) electrons. The Hall–Kier alpha value is -2.54. The Morgan fingerprint density at radius 1 is 1.39 bits per heavy atom. The molecule has 7 heteroatoms. The Kier molecular flexibility index (Phi) is 4.20. The van der Waals surface area contributed by atoms with Gasteiger partial charge in [-0.1, -0.05) is 0 Å². The minimum atomic E-state index is -1.09. The van der Waals surface area contributed by atoms with Crippen molar-refractivity contribution in [3.63, 3.8) is 0 Å². The van der Waals surface area contributed by atoms with Gasteiger partial charge in [0.1, 0.15) is 11.5 Å². The van der Waals surface area contributed by atoms with Gasteiger partial charge in [0, 0.05) is 32.0 Å². The van der Waals surface area contributed by atoms with Crippen LogP contribution in [0, 0.1) is 5.82 Å². The molecule has 1 aliphatic heterocycles. The van der Waals surface area contributed by atoms with E-state index in [0.29, 0.717) is 48.8 Å². The molecule has 1 aromatic heterocycles. The largest absolute Gasteiger partial charge is 0.480 e. The second-order valence-corrected chi connectivity index (χ2v) is 5.37. The number of rotatable bonds is 4. The maximum absolute atomic E-state index is 13.7. The van der Waals surface area contributed by atoms with Crippen molar-refractivity contribution in [1.29, 1.82) is 0 Å². The van der Waals surface area contributed by atoms with Crippen molar-refractivity contribution < 1.29 is 19.0 Å². The van der Waals surface area contributed by atoms with Crippen LogP contribution in [0.5, 0.6) is 5.88 Å². The molecular weight excluding hydrogens is 301 g/mol. The zero-order valence-electron chi connectivity index (χ0n) is 12.6. The van der Waals surface area contributed by atoms with E-state index in [-0.39, 0.29) is 5.56 Å². The maximum atomic E-state index is 13.7. The van der Waals surface area contributed by atoms with Gasteiger partial charge in [0.15, 0.2) is 0 Å². The first kappa shape index (κ1) is 15.4. The Morgan fingerprint density at radius 3 is 2.91 bits per heavy atom. The molecule has 0 fully saturated rings. The number of hydrogen-bond donors (Lipinski definition) is 1. The fourth-order valence-corrected chi connectivity index (χ4v) is 2.89. The zero-order valence-corrected chi connectivity index (χ0v) is 12.6. The maximum Gasteiger partial charge on any atom is 0.336 e. The first-order valence-corrected chi connectivity index (χ1v) is 7.19. The van der Waals surface area contributed by atoms with E-state index in [4.69, 9.17) is 4.74 Å². The number of fused-ring (bicyclic) bond motifs is 1. The lowest BCUT2D eigenvalue weighted by Crippen LogP contribution is -2.31. The van der Waals surface area contributed by atoms with E-state index >= 15 is 0 Å². The van der Waals surface area contributed by atoms with Crippen LogP contribution in [0.4, 0.5) is 4.39 Å². The van der Waals surface area contributed by atoms with E-state index in [1.54, 1.807) is 12.4 Å². The van der Waals surface area contributed by atoms with Crippen LogP contribution < -0.4 is 4.74 Å². The lowest BCUT2D eigenvalue weighted by Gasteiger charge is -2.29. The molecular formula is C16H16FN3O3. The average Bonchev–Trinajstić information content (AvgIpc) is 2.54. The van der Waals surface area contributed by atoms with Gasteiger partial charge in [-0.05, 0) is 29.7 Å². The molecule has 1 N–H and O–H groups in total. The summed E-state index contributed by atoms with van der Waals surface area (Å²) < 4.78 is 18.9. The smallest absolute Gasteiger partial charge is 0.336 e. The second-order valence-electron chi connectivity index (χ2n) is 5.37. The van der Waals surface area contributed by atoms with E-state index in [1.807, 2.05) is 0 Å². The number of benzene rings is 1. The van der Waals surface area contributed by atoms with Crippen molar-refractivity contribution in [3.05, 3.63) is 52.7 Å². The van der Waals surface area contributed by atoms with Gasteiger partial charge in [0.2, 0.25) is 5.88 Å². The van der Waals surface area contributed by atoms with Crippen LogP contribution >= 0.6 is 0 Å². The van der Waals surface area contributed by atoms with E-state index < -0.39 is 11.8 Å². The first-order chi connectivity index (χ1) is 11.1. The third-order valence-corrected chi connectivity index (χ3v) is 3.91. The third-order valence-electron chi connectivity index (χ3n) is 3.91. The van der Waals surface area contributed by atoms with Crippen molar-refractivity contribution in [2.24, 2.45) is 0 Å². The number of nitrogens with zero attached hydrogens (tertiary/aromatic N) is 3. The average molecular weight is 317 g/mol. The normalized spacial score (nSPS) is 14.3. The highest BCUT2D eigenvalue weighted by Gasteiger charge is 2.23. The predicted molar refractivity (Wildman–Crippen MR) is 79.8 cm³/mol. The van der Waals surface area contributed by atoms with Crippen LogP contribution in [0.25, 0.3) is 0 Å². The van der Waals surface area contributed by atoms with Crippen LogP contribution in [0.1, 0.15) is 27.2 Å². The summed E-state index contributed by atoms with van der Waals surface area (Å²) in [5.74, 6) is -1.16. The van der Waals surface area contributed by atoms with Crippen LogP contribution in [0.2, 0.25) is 0 Å². The molecule has 0 atom stereocenters. The number of carboxylic acid groups (broad SMARTS) is 1. The molecule has 120 valence electrons. The molecule has 1 aliphatic rings. The molecule has 23 heavy (non-hydrogen) atoms. The van der Waals surface area contributed by atoms with Crippen LogP contribution in [-0.2, 0) is 19.5 Å². The van der Waals surface area contributed by atoms with Gasteiger partial charge >= 0.3 is 5.97 Å². The molecule has 0 aliphatic carbocycles. The fourth-order valence-electron chi connectivity index (χ4n) is 2.89. The standard InChI is InChI=1S/C16H16FN3O3/c1-23-15-14(18-3-4-19-15)9-20-5-2-12-10(8-20)6-11(17)7-13(12)16(21)22/h3-4,6-7H,2,5,8-9H2,1H3,(H,21,22). The summed E-state index contributed by atoms with van der Waals surface area (Å²) in [5, 5.41) is 9.22. The first-order valence-electron chi connectivity index (χ1n) is 7.19. The van der Waals surface area contributed by atoms with Crippen molar-refractivity contribution in [3.8, 4) is 5.88 Å². The lowest BCUT2D eigenvalue weighted by molar-refractivity contribution is 0.0694. The summed E-state index contributed by atoms with van der Waals surface area (Å²) in [5.41, 5.74) is 2.17. The van der Waals surface area contributed by atoms with E-state index in [1.165, 1.54) is 13.2 Å². The Balaban J connectivity index is 1.84. The molecule has 3 rings (SSSR count). The Bertz CT molecular complexity index is 751. The number of aromatic carboxylic acids is 1. The number of halogens is 1. The van der Waals surface area contributed by atoms with Gasteiger partial charge in [-0.2, -0.15) is 0 Å². The predicted octanol–water partition coefficient (Wildman–Crippen LogP) is 1.88. The zero-order chi connectivity index (χ0) is 16.4. The van der Waals surface area contributed by atoms with Crippen LogP contribution in [0.3, 0.4) is 0 Å². The van der Waals surface area contributed by atoms with Crippen LogP contribution in [0.15, 0.2) is 24.5 Å². The fraction of sp³-hybridized carbons (Fsp3) is 0.312. The topological polar surface area (TPSA) is 75.6 Å². The third kappa shape index (κ3) is 3.14. The van der Waals surface area contributed by atoms with E-state index in [2.05, 4.69) is 14.9 Å². The molecule has 0 saturated carbocycles. The van der Waals surface area contributed by atoms with E-state index in [0.717, 1.165) is 6.07 Å². The van der Waals surface area contributed by atoms with Gasteiger partial charge < -0.3 is 9.84 Å². The van der Waals surface area contributed by atoms with Gasteiger partial charge in [-0.15, -0.1) is 0 Å². The Labute approximate surface area is 132 Å². The van der Waals surface area contributed by atoms with Gasteiger partial charge in [0.05, 0.1) is 12.7 Å². The monoisotopic (exact) mass is 317 g/mol. The van der Waals surface area contributed by atoms with Crippen molar-refractivity contribution in [2.75, 3.05) is 13.7 Å². The summed E-state index contributed by atoms with van der Waals surface area (Å²) in [6.45, 7) is 1.64. The van der Waals surface area contributed by atoms with E-state index in [9.17, 15) is 14.3 Å². The molecule has 0 amide bonds. The summed E-state index contributed by atoms with van der Waals surface area (Å²) in [6.07, 6.45) is 3.71. The number of methoxy groups -OCH3 is 1. The molecule has 0 saturated heterocycles. The highest BCUT2D eigenvalue weighted by atomic mass is 19.1. The van der Waals surface area contributed by atoms with Crippen molar-refractivity contribution in [1.82, 2.24) is 14.9 Å². The SMILES string of the molecule is COc1nccnc1CN1CCc2c(cc(F)cc2C(=O)O)C1. The number of hydrogen-bond acceptors (Lipinski definition) is 5. The molecule has 2 aromatic rings. The van der Waals surface area contributed by atoms with Crippen LogP contribution in [-0.4, -0.2) is 39.6 Å².